The van der Waals surface area contributed by atoms with Gasteiger partial charge in [0.2, 0.25) is 0 Å². The molecule has 3 aromatic heterocycles. The van der Waals surface area contributed by atoms with Crippen molar-refractivity contribution in [1.29, 1.82) is 0 Å². The number of hydrogen-bond acceptors (Lipinski definition) is 5. The average molecular weight is 422 g/mol. The number of aryl methyl sites for hydroxylation is 1. The second-order valence-corrected chi connectivity index (χ2v) is 9.03. The van der Waals surface area contributed by atoms with Crippen LogP contribution >= 0.6 is 11.6 Å². The SMILES string of the molecule is Cn1cc2c(Cl)c(-c3c[nH]c4nc(N5[C@@H]6CC[C@H]5C[C@H](CN)C6)cnc34)ccc2n1. The number of piperidine rings is 1. The third-order valence-corrected chi connectivity index (χ3v) is 7.23. The Morgan fingerprint density at radius 1 is 1.20 bits per heavy atom. The molecule has 0 radical (unpaired) electrons. The Labute approximate surface area is 179 Å². The van der Waals surface area contributed by atoms with E-state index in [1.165, 1.54) is 12.8 Å². The molecule has 30 heavy (non-hydrogen) atoms. The van der Waals surface area contributed by atoms with Crippen molar-refractivity contribution in [2.75, 3.05) is 11.4 Å². The van der Waals surface area contributed by atoms with Crippen LogP contribution < -0.4 is 10.6 Å². The molecule has 5 heterocycles. The molecule has 3 atom stereocenters. The molecule has 2 aliphatic heterocycles. The molecule has 1 aromatic carbocycles. The fraction of sp³-hybridized carbons (Fsp3) is 0.409. The van der Waals surface area contributed by atoms with Gasteiger partial charge in [0.25, 0.3) is 0 Å². The predicted molar refractivity (Wildman–Crippen MR) is 120 cm³/mol. The number of H-pyrrole nitrogens is 1. The van der Waals surface area contributed by atoms with Crippen molar-refractivity contribution in [1.82, 2.24) is 24.7 Å². The van der Waals surface area contributed by atoms with Gasteiger partial charge in [-0.05, 0) is 44.2 Å². The van der Waals surface area contributed by atoms with Crippen molar-refractivity contribution in [2.45, 2.75) is 37.8 Å². The summed E-state index contributed by atoms with van der Waals surface area (Å²) in [7, 11) is 1.90. The van der Waals surface area contributed by atoms with Crippen LogP contribution in [0.15, 0.2) is 30.7 Å². The lowest BCUT2D eigenvalue weighted by Gasteiger charge is -2.39. The van der Waals surface area contributed by atoms with Crippen molar-refractivity contribution in [3.8, 4) is 11.1 Å². The van der Waals surface area contributed by atoms with E-state index < -0.39 is 0 Å². The standard InChI is InChI=1S/C22H24ClN7/c1-29-11-17-18(28-29)5-4-15(20(17)23)16-9-26-22-21(16)25-10-19(27-22)30-13-2-3-14(30)7-12(6-13)8-24/h4-5,9-14H,2-3,6-8,24H2,1H3,(H,26,27)/t12-,13-,14+. The van der Waals surface area contributed by atoms with Crippen LogP contribution in [-0.4, -0.2) is 43.4 Å². The third kappa shape index (κ3) is 2.65. The van der Waals surface area contributed by atoms with E-state index in [-0.39, 0.29) is 0 Å². The molecule has 2 bridgehead atoms. The quantitative estimate of drug-likeness (QED) is 0.524. The number of nitrogens with one attached hydrogen (secondary N) is 1. The van der Waals surface area contributed by atoms with Crippen molar-refractivity contribution in [3.05, 3.63) is 35.7 Å². The summed E-state index contributed by atoms with van der Waals surface area (Å²) in [6.07, 6.45) is 10.6. The van der Waals surface area contributed by atoms with Gasteiger partial charge in [-0.1, -0.05) is 17.7 Å². The van der Waals surface area contributed by atoms with Crippen LogP contribution in [0.5, 0.6) is 0 Å². The maximum atomic E-state index is 6.74. The van der Waals surface area contributed by atoms with Crippen LogP contribution in [-0.2, 0) is 7.05 Å². The molecule has 0 amide bonds. The molecule has 2 fully saturated rings. The first kappa shape index (κ1) is 18.2. The molecular weight excluding hydrogens is 398 g/mol. The predicted octanol–water partition coefficient (Wildman–Crippen LogP) is 3.87. The van der Waals surface area contributed by atoms with E-state index in [0.717, 1.165) is 58.4 Å². The highest BCUT2D eigenvalue weighted by Crippen LogP contribution is 2.42. The summed E-state index contributed by atoms with van der Waals surface area (Å²) in [4.78, 5) is 15.6. The van der Waals surface area contributed by atoms with Crippen LogP contribution in [0.1, 0.15) is 25.7 Å². The van der Waals surface area contributed by atoms with Gasteiger partial charge in [-0.25, -0.2) is 9.97 Å². The first-order valence-electron chi connectivity index (χ1n) is 10.6. The molecule has 0 saturated carbocycles. The average Bonchev–Trinajstić information content (AvgIpc) is 3.41. The Balaban J connectivity index is 1.39. The highest BCUT2D eigenvalue weighted by molar-refractivity contribution is 6.38. The Morgan fingerprint density at radius 2 is 2.00 bits per heavy atom. The molecule has 0 unspecified atom stereocenters. The molecule has 0 aliphatic carbocycles. The Morgan fingerprint density at radius 3 is 2.77 bits per heavy atom. The molecule has 2 aliphatic rings. The van der Waals surface area contributed by atoms with Gasteiger partial charge in [0.05, 0.1) is 16.7 Å². The molecule has 0 spiro atoms. The minimum absolute atomic E-state index is 0.529. The highest BCUT2D eigenvalue weighted by atomic mass is 35.5. The number of aromatic amines is 1. The van der Waals surface area contributed by atoms with Gasteiger partial charge in [-0.15, -0.1) is 0 Å². The van der Waals surface area contributed by atoms with E-state index >= 15 is 0 Å². The molecule has 4 aromatic rings. The second-order valence-electron chi connectivity index (χ2n) is 8.66. The largest absolute Gasteiger partial charge is 0.349 e. The molecule has 7 nitrogen and oxygen atoms in total. The number of benzene rings is 1. The van der Waals surface area contributed by atoms with Gasteiger partial charge in [-0.2, -0.15) is 5.10 Å². The number of nitrogens with zero attached hydrogens (tertiary/aromatic N) is 5. The van der Waals surface area contributed by atoms with E-state index in [1.807, 2.05) is 37.8 Å². The summed E-state index contributed by atoms with van der Waals surface area (Å²) in [6, 6.07) is 5.06. The van der Waals surface area contributed by atoms with Crippen molar-refractivity contribution in [2.24, 2.45) is 18.7 Å². The van der Waals surface area contributed by atoms with Gasteiger partial charge in [-0.3, -0.25) is 4.68 Å². The minimum atomic E-state index is 0.529. The minimum Gasteiger partial charge on any atom is -0.349 e. The summed E-state index contributed by atoms with van der Waals surface area (Å²) in [6.45, 7) is 0.785. The molecule has 8 heteroatoms. The van der Waals surface area contributed by atoms with Crippen LogP contribution in [0.4, 0.5) is 5.82 Å². The number of rotatable bonds is 3. The van der Waals surface area contributed by atoms with Gasteiger partial charge in [0.15, 0.2) is 5.65 Å². The molecular formula is C22H24ClN7. The fourth-order valence-corrected chi connectivity index (χ4v) is 5.77. The van der Waals surface area contributed by atoms with E-state index in [4.69, 9.17) is 27.3 Å². The summed E-state index contributed by atoms with van der Waals surface area (Å²) in [5.41, 5.74) is 10.4. The van der Waals surface area contributed by atoms with Crippen LogP contribution in [0.25, 0.3) is 33.2 Å². The zero-order chi connectivity index (χ0) is 20.4. The number of fused-ring (bicyclic) bond motifs is 4. The number of aromatic nitrogens is 5. The monoisotopic (exact) mass is 421 g/mol. The third-order valence-electron chi connectivity index (χ3n) is 6.83. The Hall–Kier alpha value is -2.64. The zero-order valence-electron chi connectivity index (χ0n) is 16.8. The molecule has 6 rings (SSSR count). The van der Waals surface area contributed by atoms with E-state index in [9.17, 15) is 0 Å². The maximum Gasteiger partial charge on any atom is 0.159 e. The first-order valence-corrected chi connectivity index (χ1v) is 10.9. The molecule has 2 saturated heterocycles. The first-order chi connectivity index (χ1) is 14.6. The van der Waals surface area contributed by atoms with Crippen LogP contribution in [0.3, 0.4) is 0 Å². The lowest BCUT2D eigenvalue weighted by Crippen LogP contribution is -2.45. The lowest BCUT2D eigenvalue weighted by atomic mass is 9.91. The maximum absolute atomic E-state index is 6.74. The van der Waals surface area contributed by atoms with Crippen molar-refractivity contribution < 1.29 is 0 Å². The number of halogens is 1. The fourth-order valence-electron chi connectivity index (χ4n) is 5.46. The summed E-state index contributed by atoms with van der Waals surface area (Å²) in [5, 5.41) is 6.07. The van der Waals surface area contributed by atoms with E-state index in [2.05, 4.69) is 15.0 Å². The summed E-state index contributed by atoms with van der Waals surface area (Å²) >= 11 is 6.74. The number of hydrogen-bond donors (Lipinski definition) is 2. The summed E-state index contributed by atoms with van der Waals surface area (Å²) in [5.74, 6) is 1.60. The van der Waals surface area contributed by atoms with Gasteiger partial charge in [0, 0.05) is 48.0 Å². The normalized spacial score (nSPS) is 23.7. The second kappa shape index (κ2) is 6.68. The van der Waals surface area contributed by atoms with Gasteiger partial charge < -0.3 is 15.6 Å². The molecule has 154 valence electrons. The lowest BCUT2D eigenvalue weighted by molar-refractivity contribution is 0.345. The summed E-state index contributed by atoms with van der Waals surface area (Å²) < 4.78 is 1.78. The van der Waals surface area contributed by atoms with Gasteiger partial charge >= 0.3 is 0 Å². The van der Waals surface area contributed by atoms with Crippen LogP contribution in [0, 0.1) is 5.92 Å². The number of anilines is 1. The van der Waals surface area contributed by atoms with Crippen molar-refractivity contribution in [3.63, 3.8) is 0 Å². The smallest absolute Gasteiger partial charge is 0.159 e. The van der Waals surface area contributed by atoms with Crippen molar-refractivity contribution >= 4 is 39.5 Å². The Kier molecular flexibility index (Phi) is 4.05. The van der Waals surface area contributed by atoms with Crippen LogP contribution in [0.2, 0.25) is 5.02 Å². The zero-order valence-corrected chi connectivity index (χ0v) is 17.6. The number of nitrogens with two attached hydrogens (primary N) is 1. The molecule has 3 N–H and O–H groups in total. The highest BCUT2D eigenvalue weighted by Gasteiger charge is 2.41. The topological polar surface area (TPSA) is 88.7 Å². The van der Waals surface area contributed by atoms with Gasteiger partial charge in [0.1, 0.15) is 11.3 Å². The van der Waals surface area contributed by atoms with E-state index in [0.29, 0.717) is 23.0 Å². The van der Waals surface area contributed by atoms with E-state index in [1.54, 1.807) is 4.68 Å². The Bertz CT molecular complexity index is 1250.